The molecule has 2 N–H and O–H groups in total. The van der Waals surface area contributed by atoms with Gasteiger partial charge in [-0.1, -0.05) is 37.6 Å². The highest BCUT2D eigenvalue weighted by Crippen LogP contribution is 2.19. The number of carbonyl (C=O) groups is 2. The van der Waals surface area contributed by atoms with Crippen molar-refractivity contribution in [2.75, 3.05) is 6.61 Å². The molecule has 0 saturated carbocycles. The maximum absolute atomic E-state index is 12.0. The highest BCUT2D eigenvalue weighted by molar-refractivity contribution is 6.30. The summed E-state index contributed by atoms with van der Waals surface area (Å²) in [6, 6.07) is 14.2. The predicted molar refractivity (Wildman–Crippen MR) is 104 cm³/mol. The lowest BCUT2D eigenvalue weighted by atomic mass is 10.0. The number of hydrogen-bond donors (Lipinski definition) is 2. The second-order valence-electron chi connectivity index (χ2n) is 6.26. The van der Waals surface area contributed by atoms with Gasteiger partial charge in [0.25, 0.3) is 11.8 Å². The van der Waals surface area contributed by atoms with Gasteiger partial charge in [-0.3, -0.25) is 20.4 Å². The van der Waals surface area contributed by atoms with Crippen LogP contribution in [0.15, 0.2) is 48.5 Å². The minimum Gasteiger partial charge on any atom is -0.484 e. The number of halogens is 1. The van der Waals surface area contributed by atoms with Crippen LogP contribution in [0.2, 0.25) is 5.02 Å². The van der Waals surface area contributed by atoms with E-state index in [-0.39, 0.29) is 6.61 Å². The first kappa shape index (κ1) is 20.6. The lowest BCUT2D eigenvalue weighted by Crippen LogP contribution is -2.48. The van der Waals surface area contributed by atoms with Gasteiger partial charge in [0.2, 0.25) is 0 Å². The third-order valence-electron chi connectivity index (χ3n) is 3.74. The van der Waals surface area contributed by atoms with Crippen molar-refractivity contribution in [3.05, 3.63) is 59.1 Å². The summed E-state index contributed by atoms with van der Waals surface area (Å²) in [7, 11) is 0. The van der Waals surface area contributed by atoms with E-state index < -0.39 is 17.9 Å². The summed E-state index contributed by atoms with van der Waals surface area (Å²) in [6.45, 7) is 5.56. The normalized spacial score (nSPS) is 11.6. The highest BCUT2D eigenvalue weighted by atomic mass is 35.5. The molecule has 0 aliphatic carbocycles. The van der Waals surface area contributed by atoms with Crippen LogP contribution in [-0.4, -0.2) is 24.5 Å². The first-order chi connectivity index (χ1) is 12.8. The number of nitrogens with one attached hydrogen (secondary N) is 2. The SMILES string of the molecule is CC(Oc1ccc(C(C)C)cc1)C(=O)NNC(=O)COc1ccc(Cl)cc1. The van der Waals surface area contributed by atoms with Crippen molar-refractivity contribution in [1.82, 2.24) is 10.9 Å². The number of hydrogen-bond acceptors (Lipinski definition) is 4. The molecule has 0 aliphatic heterocycles. The Kier molecular flexibility index (Phi) is 7.49. The maximum atomic E-state index is 12.0. The molecule has 2 rings (SSSR count). The largest absolute Gasteiger partial charge is 0.484 e. The zero-order chi connectivity index (χ0) is 19.8. The van der Waals surface area contributed by atoms with Crippen LogP contribution in [0.3, 0.4) is 0 Å². The van der Waals surface area contributed by atoms with Gasteiger partial charge < -0.3 is 9.47 Å². The molecule has 2 aromatic carbocycles. The second-order valence-corrected chi connectivity index (χ2v) is 6.70. The van der Waals surface area contributed by atoms with Crippen LogP contribution in [0.1, 0.15) is 32.3 Å². The molecule has 7 heteroatoms. The summed E-state index contributed by atoms with van der Waals surface area (Å²) >= 11 is 5.77. The Bertz CT molecular complexity index is 761. The summed E-state index contributed by atoms with van der Waals surface area (Å²) in [6.07, 6.45) is -0.771. The summed E-state index contributed by atoms with van der Waals surface area (Å²) in [4.78, 5) is 23.8. The molecule has 0 saturated heterocycles. The number of amides is 2. The van der Waals surface area contributed by atoms with E-state index in [0.717, 1.165) is 0 Å². The average Bonchev–Trinajstić information content (AvgIpc) is 2.66. The second kappa shape index (κ2) is 9.83. The smallest absolute Gasteiger partial charge is 0.279 e. The molecular formula is C20H23ClN2O4. The van der Waals surface area contributed by atoms with Crippen molar-refractivity contribution in [1.29, 1.82) is 0 Å². The van der Waals surface area contributed by atoms with Crippen molar-refractivity contribution < 1.29 is 19.1 Å². The summed E-state index contributed by atoms with van der Waals surface area (Å²) in [5, 5.41) is 0.576. The van der Waals surface area contributed by atoms with E-state index in [1.54, 1.807) is 31.2 Å². The fourth-order valence-corrected chi connectivity index (χ4v) is 2.26. The zero-order valence-corrected chi connectivity index (χ0v) is 16.2. The number of rotatable bonds is 7. The Hall–Kier alpha value is -2.73. The van der Waals surface area contributed by atoms with E-state index in [2.05, 4.69) is 24.7 Å². The molecule has 0 spiro atoms. The van der Waals surface area contributed by atoms with Crippen molar-refractivity contribution in [2.24, 2.45) is 0 Å². The van der Waals surface area contributed by atoms with E-state index in [4.69, 9.17) is 21.1 Å². The van der Waals surface area contributed by atoms with Crippen molar-refractivity contribution >= 4 is 23.4 Å². The third kappa shape index (κ3) is 6.83. The molecule has 27 heavy (non-hydrogen) atoms. The van der Waals surface area contributed by atoms with Gasteiger partial charge in [-0.2, -0.15) is 0 Å². The van der Waals surface area contributed by atoms with Crippen LogP contribution in [0.4, 0.5) is 0 Å². The number of ether oxygens (including phenoxy) is 2. The van der Waals surface area contributed by atoms with Gasteiger partial charge in [0.1, 0.15) is 11.5 Å². The predicted octanol–water partition coefficient (Wildman–Crippen LogP) is 3.46. The number of benzene rings is 2. The lowest BCUT2D eigenvalue weighted by molar-refractivity contribution is -0.133. The first-order valence-electron chi connectivity index (χ1n) is 8.59. The highest BCUT2D eigenvalue weighted by Gasteiger charge is 2.15. The van der Waals surface area contributed by atoms with Gasteiger partial charge in [0.05, 0.1) is 0 Å². The Balaban J connectivity index is 1.73. The fourth-order valence-electron chi connectivity index (χ4n) is 2.14. The van der Waals surface area contributed by atoms with Crippen LogP contribution in [0, 0.1) is 0 Å². The Labute approximate surface area is 163 Å². The van der Waals surface area contributed by atoms with Gasteiger partial charge in [0, 0.05) is 5.02 Å². The molecule has 0 radical (unpaired) electrons. The first-order valence-corrected chi connectivity index (χ1v) is 8.96. The van der Waals surface area contributed by atoms with Crippen molar-refractivity contribution in [3.8, 4) is 11.5 Å². The summed E-state index contributed by atoms with van der Waals surface area (Å²) < 4.78 is 10.9. The fraction of sp³-hybridized carbons (Fsp3) is 0.300. The third-order valence-corrected chi connectivity index (χ3v) is 3.99. The average molecular weight is 391 g/mol. The van der Waals surface area contributed by atoms with E-state index >= 15 is 0 Å². The Morgan fingerprint density at radius 3 is 2.11 bits per heavy atom. The molecule has 144 valence electrons. The molecule has 2 amide bonds. The number of carbonyl (C=O) groups excluding carboxylic acids is 2. The van der Waals surface area contributed by atoms with Crippen molar-refractivity contribution in [3.63, 3.8) is 0 Å². The quantitative estimate of drug-likeness (QED) is 0.710. The summed E-state index contributed by atoms with van der Waals surface area (Å²) in [5.41, 5.74) is 5.79. The monoisotopic (exact) mass is 390 g/mol. The van der Waals surface area contributed by atoms with Crippen LogP contribution in [0.5, 0.6) is 11.5 Å². The topological polar surface area (TPSA) is 76.7 Å². The van der Waals surface area contributed by atoms with Crippen molar-refractivity contribution in [2.45, 2.75) is 32.8 Å². The zero-order valence-electron chi connectivity index (χ0n) is 15.5. The van der Waals surface area contributed by atoms with Crippen LogP contribution < -0.4 is 20.3 Å². The van der Waals surface area contributed by atoms with Gasteiger partial charge in [-0.05, 0) is 54.8 Å². The van der Waals surface area contributed by atoms with Gasteiger partial charge in [-0.15, -0.1) is 0 Å². The van der Waals surface area contributed by atoms with Crippen LogP contribution in [0.25, 0.3) is 0 Å². The minimum absolute atomic E-state index is 0.242. The van der Waals surface area contributed by atoms with E-state index in [1.165, 1.54) is 5.56 Å². The lowest BCUT2D eigenvalue weighted by Gasteiger charge is -2.16. The molecule has 0 heterocycles. The van der Waals surface area contributed by atoms with Gasteiger partial charge in [0.15, 0.2) is 12.7 Å². The standard InChI is InChI=1S/C20H23ClN2O4/c1-13(2)15-4-8-18(9-5-15)27-14(3)20(25)23-22-19(24)12-26-17-10-6-16(21)7-11-17/h4-11,13-14H,12H2,1-3H3,(H,22,24)(H,23,25). The van der Waals surface area contributed by atoms with E-state index in [0.29, 0.717) is 22.4 Å². The molecule has 0 aliphatic rings. The molecule has 1 unspecified atom stereocenters. The van der Waals surface area contributed by atoms with E-state index in [9.17, 15) is 9.59 Å². The molecule has 1 atom stereocenters. The molecule has 0 fully saturated rings. The molecule has 0 aromatic heterocycles. The molecule has 0 bridgehead atoms. The Morgan fingerprint density at radius 2 is 1.52 bits per heavy atom. The Morgan fingerprint density at radius 1 is 0.926 bits per heavy atom. The molecular weight excluding hydrogens is 368 g/mol. The summed E-state index contributed by atoms with van der Waals surface area (Å²) in [5.74, 6) is 0.543. The van der Waals surface area contributed by atoms with Crippen LogP contribution in [-0.2, 0) is 9.59 Å². The van der Waals surface area contributed by atoms with E-state index in [1.807, 2.05) is 24.3 Å². The molecule has 2 aromatic rings. The maximum Gasteiger partial charge on any atom is 0.279 e. The number of hydrazine groups is 1. The van der Waals surface area contributed by atoms with Gasteiger partial charge >= 0.3 is 0 Å². The minimum atomic E-state index is -0.771. The van der Waals surface area contributed by atoms with Gasteiger partial charge in [-0.25, -0.2) is 0 Å². The van der Waals surface area contributed by atoms with Crippen LogP contribution >= 0.6 is 11.6 Å². The molecule has 6 nitrogen and oxygen atoms in total.